The van der Waals surface area contributed by atoms with Gasteiger partial charge in [0, 0.05) is 6.20 Å². The van der Waals surface area contributed by atoms with Gasteiger partial charge >= 0.3 is 0 Å². The largest absolute Gasteiger partial charge is 0.486 e. The predicted molar refractivity (Wildman–Crippen MR) is 83.6 cm³/mol. The molecule has 0 aliphatic rings. The Morgan fingerprint density at radius 1 is 1.17 bits per heavy atom. The van der Waals surface area contributed by atoms with Crippen molar-refractivity contribution in [1.82, 2.24) is 4.98 Å². The number of benzene rings is 1. The van der Waals surface area contributed by atoms with Gasteiger partial charge in [0.2, 0.25) is 0 Å². The fourth-order valence-corrected chi connectivity index (χ4v) is 1.78. The van der Waals surface area contributed by atoms with Gasteiger partial charge in [-0.2, -0.15) is 10.5 Å². The van der Waals surface area contributed by atoms with E-state index in [0.717, 1.165) is 0 Å². The van der Waals surface area contributed by atoms with Crippen molar-refractivity contribution < 1.29 is 14.3 Å². The van der Waals surface area contributed by atoms with Gasteiger partial charge in [0.25, 0.3) is 5.91 Å². The molecule has 0 unspecified atom stereocenters. The van der Waals surface area contributed by atoms with Crippen molar-refractivity contribution in [3.8, 4) is 17.9 Å². The van der Waals surface area contributed by atoms with E-state index in [4.69, 9.17) is 15.3 Å². The number of ketones is 1. The quantitative estimate of drug-likeness (QED) is 0.809. The maximum atomic E-state index is 12.0. The van der Waals surface area contributed by atoms with Crippen LogP contribution in [-0.2, 0) is 9.59 Å². The Kier molecular flexibility index (Phi) is 5.60. The van der Waals surface area contributed by atoms with E-state index in [2.05, 4.69) is 10.3 Å². The van der Waals surface area contributed by atoms with Gasteiger partial charge in [-0.3, -0.25) is 9.59 Å². The molecule has 1 N–H and O–H groups in total. The molecule has 2 aromatic rings. The Bertz CT molecular complexity index is 804. The minimum atomic E-state index is -1.50. The van der Waals surface area contributed by atoms with E-state index in [1.165, 1.54) is 30.5 Å². The Morgan fingerprint density at radius 3 is 2.50 bits per heavy atom. The highest BCUT2D eigenvalue weighted by Gasteiger charge is 2.27. The lowest BCUT2D eigenvalue weighted by Gasteiger charge is -2.10. The molecule has 1 aromatic heterocycles. The number of pyridine rings is 1. The second-order valence-corrected chi connectivity index (χ2v) is 4.66. The molecule has 0 radical (unpaired) electrons. The highest BCUT2D eigenvalue weighted by atomic mass is 16.5. The molecule has 0 aliphatic carbocycles. The van der Waals surface area contributed by atoms with Gasteiger partial charge in [-0.05, 0) is 36.4 Å². The number of hydrogen-bond acceptors (Lipinski definition) is 6. The molecule has 2 rings (SSSR count). The molecule has 0 saturated heterocycles. The summed E-state index contributed by atoms with van der Waals surface area (Å²) in [6, 6.07) is 14.6. The first kappa shape index (κ1) is 16.7. The third-order valence-corrected chi connectivity index (χ3v) is 2.99. The summed E-state index contributed by atoms with van der Waals surface area (Å²) < 4.78 is 5.24. The number of nitrogens with one attached hydrogen (secondary N) is 1. The van der Waals surface area contributed by atoms with Crippen LogP contribution in [0.3, 0.4) is 0 Å². The summed E-state index contributed by atoms with van der Waals surface area (Å²) in [4.78, 5) is 27.9. The zero-order chi connectivity index (χ0) is 17.4. The summed E-state index contributed by atoms with van der Waals surface area (Å²) in [6.07, 6.45) is 1.48. The van der Waals surface area contributed by atoms with Crippen molar-refractivity contribution in [1.29, 1.82) is 10.5 Å². The first-order chi connectivity index (χ1) is 11.6. The van der Waals surface area contributed by atoms with Crippen LogP contribution >= 0.6 is 0 Å². The maximum absolute atomic E-state index is 12.0. The van der Waals surface area contributed by atoms with Crippen molar-refractivity contribution in [3.05, 3.63) is 54.2 Å². The molecule has 1 heterocycles. The Morgan fingerprint density at radius 2 is 1.92 bits per heavy atom. The zero-order valence-corrected chi connectivity index (χ0v) is 12.5. The third-order valence-electron chi connectivity index (χ3n) is 2.99. The number of carbonyl (C=O) groups is 2. The van der Waals surface area contributed by atoms with Gasteiger partial charge in [0.15, 0.2) is 11.7 Å². The number of nitriles is 2. The fraction of sp³-hybridized carbons (Fsp3) is 0.118. The van der Waals surface area contributed by atoms with Gasteiger partial charge in [-0.1, -0.05) is 6.07 Å². The zero-order valence-electron chi connectivity index (χ0n) is 12.5. The van der Waals surface area contributed by atoms with E-state index >= 15 is 0 Å². The van der Waals surface area contributed by atoms with E-state index in [9.17, 15) is 9.59 Å². The Labute approximate surface area is 138 Å². The Hall–Kier alpha value is -3.71. The molecule has 7 nitrogen and oxygen atoms in total. The number of nitrogens with zero attached hydrogens (tertiary/aromatic N) is 3. The Balaban J connectivity index is 1.94. The molecule has 7 heteroatoms. The number of ether oxygens (including phenoxy) is 1. The molecule has 0 saturated carbocycles. The number of carbonyl (C=O) groups excluding carboxylic acids is 2. The third kappa shape index (κ3) is 4.39. The summed E-state index contributed by atoms with van der Waals surface area (Å²) in [7, 11) is 0. The lowest BCUT2D eigenvalue weighted by Crippen LogP contribution is -2.32. The average molecular weight is 320 g/mol. The van der Waals surface area contributed by atoms with Gasteiger partial charge in [0.1, 0.15) is 18.2 Å². The molecule has 1 aromatic carbocycles. The monoisotopic (exact) mass is 320 g/mol. The normalized spacial score (nSPS) is 10.8. The summed E-state index contributed by atoms with van der Waals surface area (Å²) in [5, 5.41) is 20.2. The fourth-order valence-electron chi connectivity index (χ4n) is 1.78. The van der Waals surface area contributed by atoms with Crippen molar-refractivity contribution in [2.45, 2.75) is 0 Å². The van der Waals surface area contributed by atoms with Gasteiger partial charge in [0.05, 0.1) is 17.7 Å². The SMILES string of the molecule is N#Cc1ccc(OCC(=O)[C@H](C#N)C(=O)Nc2ccccn2)cc1. The van der Waals surface area contributed by atoms with Crippen LogP contribution in [0, 0.1) is 28.6 Å². The standard InChI is InChI=1S/C17H12N4O3/c18-9-12-4-6-13(7-5-12)24-11-15(22)14(10-19)17(23)21-16-3-1-2-8-20-16/h1-8,14H,11H2,(H,20,21,23)/t14-/m0/s1. The van der Waals surface area contributed by atoms with Crippen LogP contribution in [0.1, 0.15) is 5.56 Å². The summed E-state index contributed by atoms with van der Waals surface area (Å²) in [6.45, 7) is -0.431. The predicted octanol–water partition coefficient (Wildman–Crippen LogP) is 1.68. The number of rotatable bonds is 6. The summed E-state index contributed by atoms with van der Waals surface area (Å²) in [5.41, 5.74) is 0.457. The topological polar surface area (TPSA) is 116 Å². The van der Waals surface area contributed by atoms with Crippen molar-refractivity contribution in [2.24, 2.45) is 5.92 Å². The molecule has 0 fully saturated rings. The number of hydrogen-bond donors (Lipinski definition) is 1. The lowest BCUT2D eigenvalue weighted by molar-refractivity contribution is -0.130. The first-order valence-corrected chi connectivity index (χ1v) is 6.91. The minimum absolute atomic E-state index is 0.253. The molecule has 1 atom stereocenters. The first-order valence-electron chi connectivity index (χ1n) is 6.91. The number of anilines is 1. The highest BCUT2D eigenvalue weighted by Crippen LogP contribution is 2.12. The molecule has 0 bridgehead atoms. The molecule has 24 heavy (non-hydrogen) atoms. The van der Waals surface area contributed by atoms with Gasteiger partial charge in [-0.25, -0.2) is 4.98 Å². The second-order valence-electron chi connectivity index (χ2n) is 4.66. The van der Waals surface area contributed by atoms with Crippen molar-refractivity contribution >= 4 is 17.5 Å². The average Bonchev–Trinajstić information content (AvgIpc) is 2.62. The van der Waals surface area contributed by atoms with Crippen LogP contribution in [0.15, 0.2) is 48.7 Å². The number of Topliss-reactive ketones (excluding diaryl/α,β-unsaturated/α-hetero) is 1. The minimum Gasteiger partial charge on any atom is -0.486 e. The molecular weight excluding hydrogens is 308 g/mol. The van der Waals surface area contributed by atoms with Gasteiger partial charge < -0.3 is 10.1 Å². The molecule has 0 aliphatic heterocycles. The van der Waals surface area contributed by atoms with Crippen LogP contribution < -0.4 is 10.1 Å². The van der Waals surface area contributed by atoms with Crippen LogP contribution in [0.4, 0.5) is 5.82 Å². The van der Waals surface area contributed by atoms with E-state index < -0.39 is 24.2 Å². The van der Waals surface area contributed by atoms with E-state index in [0.29, 0.717) is 11.3 Å². The highest BCUT2D eigenvalue weighted by molar-refractivity contribution is 6.09. The summed E-state index contributed by atoms with van der Waals surface area (Å²) in [5.74, 6) is -2.31. The molecular formula is C17H12N4O3. The lowest BCUT2D eigenvalue weighted by atomic mass is 10.1. The van der Waals surface area contributed by atoms with Crippen molar-refractivity contribution in [2.75, 3.05) is 11.9 Å². The van der Waals surface area contributed by atoms with E-state index in [1.807, 2.05) is 6.07 Å². The van der Waals surface area contributed by atoms with Crippen molar-refractivity contribution in [3.63, 3.8) is 0 Å². The summed E-state index contributed by atoms with van der Waals surface area (Å²) >= 11 is 0. The maximum Gasteiger partial charge on any atom is 0.250 e. The molecule has 118 valence electrons. The van der Waals surface area contributed by atoms with Crippen LogP contribution in [0.25, 0.3) is 0 Å². The van der Waals surface area contributed by atoms with Crippen LogP contribution in [-0.4, -0.2) is 23.3 Å². The number of aromatic nitrogens is 1. The second kappa shape index (κ2) is 8.06. The van der Waals surface area contributed by atoms with Crippen LogP contribution in [0.5, 0.6) is 5.75 Å². The van der Waals surface area contributed by atoms with Crippen LogP contribution in [0.2, 0.25) is 0 Å². The smallest absolute Gasteiger partial charge is 0.250 e. The van der Waals surface area contributed by atoms with E-state index in [-0.39, 0.29) is 5.82 Å². The van der Waals surface area contributed by atoms with Gasteiger partial charge in [-0.15, -0.1) is 0 Å². The van der Waals surface area contributed by atoms with E-state index in [1.54, 1.807) is 24.3 Å². The molecule has 0 spiro atoms. The molecule has 1 amide bonds. The number of amides is 1.